The zero-order valence-electron chi connectivity index (χ0n) is 14.3. The SMILES string of the molecule is Cn1ncc2c1CC(C)(C)CN(Cc1cc(=O)n3[nH]ccc3n1)C2. The van der Waals surface area contributed by atoms with Gasteiger partial charge >= 0.3 is 0 Å². The highest BCUT2D eigenvalue weighted by Gasteiger charge is 2.30. The van der Waals surface area contributed by atoms with Crippen molar-refractivity contribution in [3.05, 3.63) is 51.8 Å². The van der Waals surface area contributed by atoms with Gasteiger partial charge < -0.3 is 0 Å². The van der Waals surface area contributed by atoms with Gasteiger partial charge in [0.05, 0.1) is 11.9 Å². The van der Waals surface area contributed by atoms with E-state index in [2.05, 4.69) is 33.9 Å². The van der Waals surface area contributed by atoms with Crippen LogP contribution >= 0.6 is 0 Å². The molecule has 0 radical (unpaired) electrons. The number of H-pyrrole nitrogens is 1. The maximum absolute atomic E-state index is 12.2. The van der Waals surface area contributed by atoms with E-state index in [0.29, 0.717) is 12.2 Å². The van der Waals surface area contributed by atoms with Gasteiger partial charge in [-0.25, -0.2) is 9.50 Å². The summed E-state index contributed by atoms with van der Waals surface area (Å²) in [5.74, 6) is 0. The molecule has 0 saturated heterocycles. The Kier molecular flexibility index (Phi) is 3.35. The van der Waals surface area contributed by atoms with E-state index in [0.717, 1.165) is 25.2 Å². The first kappa shape index (κ1) is 15.1. The molecular weight excluding hydrogens is 304 g/mol. The van der Waals surface area contributed by atoms with E-state index in [4.69, 9.17) is 0 Å². The second-order valence-corrected chi connectivity index (χ2v) is 7.47. The highest BCUT2D eigenvalue weighted by Crippen LogP contribution is 2.30. The summed E-state index contributed by atoms with van der Waals surface area (Å²) in [6.07, 6.45) is 4.69. The first-order valence-electron chi connectivity index (χ1n) is 8.19. The van der Waals surface area contributed by atoms with Crippen LogP contribution in [0.25, 0.3) is 5.65 Å². The molecule has 4 rings (SSSR count). The van der Waals surface area contributed by atoms with Crippen molar-refractivity contribution in [2.24, 2.45) is 12.5 Å². The maximum atomic E-state index is 12.2. The number of rotatable bonds is 2. The van der Waals surface area contributed by atoms with Gasteiger partial charge in [-0.05, 0) is 11.8 Å². The molecule has 1 N–H and O–H groups in total. The Morgan fingerprint density at radius 2 is 2.21 bits per heavy atom. The van der Waals surface area contributed by atoms with Crippen molar-refractivity contribution in [1.29, 1.82) is 0 Å². The summed E-state index contributed by atoms with van der Waals surface area (Å²) in [7, 11) is 2.01. The molecule has 3 aromatic heterocycles. The zero-order valence-corrected chi connectivity index (χ0v) is 14.3. The fourth-order valence-electron chi connectivity index (χ4n) is 3.68. The predicted octanol–water partition coefficient (Wildman–Crippen LogP) is 1.34. The molecular formula is C17H22N6O. The van der Waals surface area contributed by atoms with Crippen LogP contribution in [0.15, 0.2) is 29.3 Å². The molecule has 0 unspecified atom stereocenters. The van der Waals surface area contributed by atoms with Gasteiger partial charge in [0.1, 0.15) is 0 Å². The summed E-state index contributed by atoms with van der Waals surface area (Å²) in [5.41, 5.74) is 4.11. The van der Waals surface area contributed by atoms with E-state index in [1.54, 1.807) is 12.3 Å². The molecule has 4 heterocycles. The van der Waals surface area contributed by atoms with Crippen molar-refractivity contribution in [2.45, 2.75) is 33.4 Å². The third kappa shape index (κ3) is 2.65. The van der Waals surface area contributed by atoms with E-state index < -0.39 is 0 Å². The van der Waals surface area contributed by atoms with E-state index >= 15 is 0 Å². The van der Waals surface area contributed by atoms with Crippen LogP contribution in [0.4, 0.5) is 0 Å². The standard InChI is InChI=1S/C17H22N6O/c1-17(2)7-14-12(8-19-21(14)3)9-22(11-17)10-13-6-16(24)23-15(20-13)4-5-18-23/h4-6,8,18H,7,9-11H2,1-3H3. The minimum atomic E-state index is -0.0730. The molecule has 3 aromatic rings. The second kappa shape index (κ2) is 5.31. The number of aromatic amines is 1. The lowest BCUT2D eigenvalue weighted by molar-refractivity contribution is 0.171. The number of fused-ring (bicyclic) bond motifs is 2. The topological polar surface area (TPSA) is 71.2 Å². The summed E-state index contributed by atoms with van der Waals surface area (Å²) < 4.78 is 3.44. The van der Waals surface area contributed by atoms with Crippen molar-refractivity contribution in [1.82, 2.24) is 29.3 Å². The molecule has 0 aliphatic carbocycles. The lowest BCUT2D eigenvalue weighted by atomic mass is 9.87. The fourth-order valence-corrected chi connectivity index (χ4v) is 3.68. The number of hydrogen-bond donors (Lipinski definition) is 1. The summed E-state index contributed by atoms with van der Waals surface area (Å²) in [6.45, 7) is 7.00. The van der Waals surface area contributed by atoms with Gasteiger partial charge in [-0.3, -0.25) is 19.5 Å². The Morgan fingerprint density at radius 1 is 1.38 bits per heavy atom. The van der Waals surface area contributed by atoms with E-state index in [1.807, 2.05) is 24.0 Å². The predicted molar refractivity (Wildman–Crippen MR) is 90.6 cm³/mol. The highest BCUT2D eigenvalue weighted by atomic mass is 16.1. The summed E-state index contributed by atoms with van der Waals surface area (Å²) in [5, 5.41) is 7.29. The number of hydrogen-bond acceptors (Lipinski definition) is 4. The quantitative estimate of drug-likeness (QED) is 0.771. The molecule has 0 atom stereocenters. The number of aryl methyl sites for hydroxylation is 1. The molecule has 0 spiro atoms. The molecule has 7 heteroatoms. The van der Waals surface area contributed by atoms with E-state index in [9.17, 15) is 4.79 Å². The van der Waals surface area contributed by atoms with E-state index in [-0.39, 0.29) is 11.0 Å². The Bertz CT molecular complexity index is 948. The summed E-state index contributed by atoms with van der Waals surface area (Å²) in [6, 6.07) is 3.43. The van der Waals surface area contributed by atoms with Crippen LogP contribution < -0.4 is 5.56 Å². The molecule has 24 heavy (non-hydrogen) atoms. The van der Waals surface area contributed by atoms with Gasteiger partial charge in [0.15, 0.2) is 5.65 Å². The smallest absolute Gasteiger partial charge is 0.272 e. The third-order valence-electron chi connectivity index (χ3n) is 4.66. The van der Waals surface area contributed by atoms with Crippen molar-refractivity contribution in [3.63, 3.8) is 0 Å². The van der Waals surface area contributed by atoms with Gasteiger partial charge in [0, 0.05) is 56.3 Å². The zero-order chi connectivity index (χ0) is 16.9. The minimum Gasteiger partial charge on any atom is -0.297 e. The summed E-state index contributed by atoms with van der Waals surface area (Å²) >= 11 is 0. The van der Waals surface area contributed by atoms with Crippen LogP contribution in [-0.2, 0) is 26.6 Å². The van der Waals surface area contributed by atoms with Gasteiger partial charge in [0.2, 0.25) is 0 Å². The molecule has 0 saturated carbocycles. The Labute approximate surface area is 139 Å². The lowest BCUT2D eigenvalue weighted by Crippen LogP contribution is -2.33. The van der Waals surface area contributed by atoms with Crippen LogP contribution in [0.5, 0.6) is 0 Å². The Hall–Kier alpha value is -2.41. The maximum Gasteiger partial charge on any atom is 0.272 e. The molecule has 126 valence electrons. The third-order valence-corrected chi connectivity index (χ3v) is 4.66. The average Bonchev–Trinajstić information content (AvgIpc) is 3.05. The fraction of sp³-hybridized carbons (Fsp3) is 0.471. The second-order valence-electron chi connectivity index (χ2n) is 7.47. The van der Waals surface area contributed by atoms with Gasteiger partial charge in [0.25, 0.3) is 5.56 Å². The van der Waals surface area contributed by atoms with Crippen LogP contribution in [0.1, 0.15) is 30.8 Å². The van der Waals surface area contributed by atoms with Crippen molar-refractivity contribution < 1.29 is 0 Å². The van der Waals surface area contributed by atoms with Crippen LogP contribution in [0.3, 0.4) is 0 Å². The lowest BCUT2D eigenvalue weighted by Gasteiger charge is -2.29. The van der Waals surface area contributed by atoms with Crippen LogP contribution in [0.2, 0.25) is 0 Å². The summed E-state index contributed by atoms with van der Waals surface area (Å²) in [4.78, 5) is 19.1. The Balaban J connectivity index is 1.66. The van der Waals surface area contributed by atoms with Crippen molar-refractivity contribution >= 4 is 5.65 Å². The number of aromatic nitrogens is 5. The molecule has 1 aliphatic rings. The van der Waals surface area contributed by atoms with Crippen molar-refractivity contribution in [2.75, 3.05) is 6.54 Å². The van der Waals surface area contributed by atoms with Crippen molar-refractivity contribution in [3.8, 4) is 0 Å². The number of nitrogens with zero attached hydrogens (tertiary/aromatic N) is 5. The van der Waals surface area contributed by atoms with Gasteiger partial charge in [-0.1, -0.05) is 13.8 Å². The Morgan fingerprint density at radius 3 is 3.04 bits per heavy atom. The number of nitrogens with one attached hydrogen (secondary N) is 1. The van der Waals surface area contributed by atoms with E-state index in [1.165, 1.54) is 15.8 Å². The largest absolute Gasteiger partial charge is 0.297 e. The first-order valence-corrected chi connectivity index (χ1v) is 8.19. The molecule has 0 bridgehead atoms. The minimum absolute atomic E-state index is 0.0730. The molecule has 1 aliphatic heterocycles. The highest BCUT2D eigenvalue weighted by molar-refractivity contribution is 5.36. The first-order chi connectivity index (χ1) is 11.4. The monoisotopic (exact) mass is 326 g/mol. The van der Waals surface area contributed by atoms with Gasteiger partial charge in [-0.2, -0.15) is 5.10 Å². The average molecular weight is 326 g/mol. The normalized spacial score (nSPS) is 17.8. The van der Waals surface area contributed by atoms with Crippen LogP contribution in [-0.4, -0.2) is 35.8 Å². The van der Waals surface area contributed by atoms with Gasteiger partial charge in [-0.15, -0.1) is 0 Å². The molecule has 0 fully saturated rings. The molecule has 0 amide bonds. The van der Waals surface area contributed by atoms with Crippen LogP contribution in [0, 0.1) is 5.41 Å². The molecule has 0 aromatic carbocycles. The molecule has 7 nitrogen and oxygen atoms in total.